The number of carbonyl (C=O) groups is 1. The van der Waals surface area contributed by atoms with Crippen molar-refractivity contribution in [2.75, 3.05) is 6.61 Å². The molecule has 0 aliphatic carbocycles. The molecule has 0 fully saturated rings. The molecule has 18 heavy (non-hydrogen) atoms. The van der Waals surface area contributed by atoms with Crippen molar-refractivity contribution >= 4 is 12.0 Å². The molecular weight excluding hydrogens is 230 g/mol. The first-order valence-electron chi connectivity index (χ1n) is 5.86. The zero-order valence-corrected chi connectivity index (χ0v) is 11.2. The van der Waals surface area contributed by atoms with Gasteiger partial charge in [0.15, 0.2) is 0 Å². The van der Waals surface area contributed by atoms with E-state index in [0.717, 1.165) is 5.56 Å². The Balaban J connectivity index is 2.59. The third-order valence-corrected chi connectivity index (χ3v) is 1.85. The topological polar surface area (TPSA) is 64.1 Å². The molecule has 0 radical (unpaired) electrons. The van der Waals surface area contributed by atoms with E-state index in [-0.39, 0.29) is 11.4 Å². The first-order valence-corrected chi connectivity index (χ1v) is 5.86. The number of ether oxygens (including phenoxy) is 1. The van der Waals surface area contributed by atoms with Gasteiger partial charge in [-0.1, -0.05) is 0 Å². The van der Waals surface area contributed by atoms with Gasteiger partial charge in [-0.05, 0) is 33.8 Å². The van der Waals surface area contributed by atoms with Crippen LogP contribution in [0, 0.1) is 0 Å². The molecule has 1 amide bonds. The Bertz CT molecular complexity index is 419. The molecule has 0 aromatic carbocycles. The smallest absolute Gasteiger partial charge is 0.316 e. The Labute approximate surface area is 107 Å². The van der Waals surface area contributed by atoms with Crippen molar-refractivity contribution < 1.29 is 9.53 Å². The van der Waals surface area contributed by atoms with E-state index in [2.05, 4.69) is 15.3 Å². The first-order chi connectivity index (χ1) is 8.40. The Hall–Kier alpha value is -1.91. The van der Waals surface area contributed by atoms with Crippen molar-refractivity contribution in [3.05, 3.63) is 24.0 Å². The Morgan fingerprint density at radius 1 is 1.39 bits per heavy atom. The van der Waals surface area contributed by atoms with Gasteiger partial charge in [0, 0.05) is 29.6 Å². The van der Waals surface area contributed by atoms with Gasteiger partial charge in [0.25, 0.3) is 0 Å². The fourth-order valence-corrected chi connectivity index (χ4v) is 1.20. The van der Waals surface area contributed by atoms with Crippen LogP contribution in [0.1, 0.15) is 33.3 Å². The number of hydrogen-bond acceptors (Lipinski definition) is 4. The SMILES string of the molecule is CCOc1ncc(/C=C/C(=O)NC(C)(C)C)cn1. The maximum Gasteiger partial charge on any atom is 0.316 e. The van der Waals surface area contributed by atoms with E-state index in [0.29, 0.717) is 12.6 Å². The molecule has 98 valence electrons. The van der Waals surface area contributed by atoms with Gasteiger partial charge in [0.2, 0.25) is 5.91 Å². The van der Waals surface area contributed by atoms with Gasteiger partial charge in [-0.2, -0.15) is 0 Å². The lowest BCUT2D eigenvalue weighted by Crippen LogP contribution is -2.39. The summed E-state index contributed by atoms with van der Waals surface area (Å²) in [6.07, 6.45) is 6.35. The van der Waals surface area contributed by atoms with E-state index in [1.54, 1.807) is 18.5 Å². The van der Waals surface area contributed by atoms with E-state index in [1.807, 2.05) is 27.7 Å². The van der Waals surface area contributed by atoms with E-state index >= 15 is 0 Å². The largest absolute Gasteiger partial charge is 0.464 e. The summed E-state index contributed by atoms with van der Waals surface area (Å²) in [5, 5.41) is 2.83. The van der Waals surface area contributed by atoms with Gasteiger partial charge in [-0.3, -0.25) is 4.79 Å². The summed E-state index contributed by atoms with van der Waals surface area (Å²) in [5.41, 5.74) is 0.513. The quantitative estimate of drug-likeness (QED) is 0.826. The lowest BCUT2D eigenvalue weighted by atomic mass is 10.1. The van der Waals surface area contributed by atoms with Crippen molar-refractivity contribution in [3.8, 4) is 6.01 Å². The number of amides is 1. The van der Waals surface area contributed by atoms with Gasteiger partial charge in [-0.25, -0.2) is 9.97 Å². The molecule has 1 N–H and O–H groups in total. The van der Waals surface area contributed by atoms with Crippen LogP contribution in [0.3, 0.4) is 0 Å². The molecule has 5 nitrogen and oxygen atoms in total. The van der Waals surface area contributed by atoms with Crippen LogP contribution >= 0.6 is 0 Å². The van der Waals surface area contributed by atoms with Crippen LogP contribution < -0.4 is 10.1 Å². The highest BCUT2D eigenvalue weighted by molar-refractivity contribution is 5.92. The minimum absolute atomic E-state index is 0.142. The summed E-state index contributed by atoms with van der Waals surface area (Å²) in [4.78, 5) is 19.5. The Morgan fingerprint density at radius 2 is 2.00 bits per heavy atom. The molecule has 0 bridgehead atoms. The highest BCUT2D eigenvalue weighted by Crippen LogP contribution is 2.04. The summed E-state index contributed by atoms with van der Waals surface area (Å²) in [6, 6.07) is 0.341. The number of rotatable bonds is 4. The maximum absolute atomic E-state index is 11.5. The van der Waals surface area contributed by atoms with Gasteiger partial charge in [0.1, 0.15) is 0 Å². The van der Waals surface area contributed by atoms with Crippen LogP contribution in [0.25, 0.3) is 6.08 Å². The van der Waals surface area contributed by atoms with Crippen molar-refractivity contribution in [1.82, 2.24) is 15.3 Å². The van der Waals surface area contributed by atoms with E-state index in [9.17, 15) is 4.79 Å². The highest BCUT2D eigenvalue weighted by Gasteiger charge is 2.10. The van der Waals surface area contributed by atoms with Crippen molar-refractivity contribution in [1.29, 1.82) is 0 Å². The van der Waals surface area contributed by atoms with Crippen molar-refractivity contribution in [3.63, 3.8) is 0 Å². The lowest BCUT2D eigenvalue weighted by molar-refractivity contribution is -0.117. The van der Waals surface area contributed by atoms with Crippen LogP contribution in [0.5, 0.6) is 6.01 Å². The normalized spacial score (nSPS) is 11.6. The molecule has 1 heterocycles. The number of nitrogens with one attached hydrogen (secondary N) is 1. The zero-order chi connectivity index (χ0) is 13.6. The summed E-state index contributed by atoms with van der Waals surface area (Å²) in [7, 11) is 0. The third-order valence-electron chi connectivity index (χ3n) is 1.85. The minimum Gasteiger partial charge on any atom is -0.464 e. The molecule has 0 unspecified atom stereocenters. The van der Waals surface area contributed by atoms with Gasteiger partial charge >= 0.3 is 6.01 Å². The molecule has 1 rings (SSSR count). The van der Waals surface area contributed by atoms with E-state index < -0.39 is 0 Å². The molecule has 0 aliphatic rings. The van der Waals surface area contributed by atoms with Crippen LogP contribution in [-0.4, -0.2) is 28.0 Å². The molecular formula is C13H19N3O2. The van der Waals surface area contributed by atoms with Crippen molar-refractivity contribution in [2.45, 2.75) is 33.2 Å². The van der Waals surface area contributed by atoms with Crippen LogP contribution in [0.4, 0.5) is 0 Å². The summed E-state index contributed by atoms with van der Waals surface area (Å²) < 4.78 is 5.13. The Kier molecular flexibility index (Phi) is 4.83. The number of nitrogens with zero attached hydrogens (tertiary/aromatic N) is 2. The van der Waals surface area contributed by atoms with Crippen LogP contribution in [0.15, 0.2) is 18.5 Å². The first kappa shape index (κ1) is 14.2. The molecule has 0 saturated heterocycles. The highest BCUT2D eigenvalue weighted by atomic mass is 16.5. The lowest BCUT2D eigenvalue weighted by Gasteiger charge is -2.18. The molecule has 0 atom stereocenters. The number of aromatic nitrogens is 2. The summed E-state index contributed by atoms with van der Waals surface area (Å²) in [6.45, 7) is 8.19. The second kappa shape index (κ2) is 6.14. The van der Waals surface area contributed by atoms with Gasteiger partial charge < -0.3 is 10.1 Å². The average Bonchev–Trinajstić information content (AvgIpc) is 2.26. The molecule has 0 saturated carbocycles. The van der Waals surface area contributed by atoms with Gasteiger partial charge in [-0.15, -0.1) is 0 Å². The second-order valence-electron chi connectivity index (χ2n) is 4.80. The average molecular weight is 249 g/mol. The molecule has 5 heteroatoms. The van der Waals surface area contributed by atoms with Crippen LogP contribution in [-0.2, 0) is 4.79 Å². The third kappa shape index (κ3) is 5.43. The number of carbonyl (C=O) groups excluding carboxylic acids is 1. The maximum atomic E-state index is 11.5. The van der Waals surface area contributed by atoms with E-state index in [1.165, 1.54) is 6.08 Å². The molecule has 0 aliphatic heterocycles. The van der Waals surface area contributed by atoms with E-state index in [4.69, 9.17) is 4.74 Å². The predicted molar refractivity (Wildman–Crippen MR) is 70.1 cm³/mol. The predicted octanol–water partition coefficient (Wildman–Crippen LogP) is 1.80. The minimum atomic E-state index is -0.239. The molecule has 1 aromatic heterocycles. The van der Waals surface area contributed by atoms with Crippen molar-refractivity contribution in [2.24, 2.45) is 0 Å². The number of hydrogen-bond donors (Lipinski definition) is 1. The standard InChI is InChI=1S/C13H19N3O2/c1-5-18-12-14-8-10(9-15-12)6-7-11(17)16-13(2,3)4/h6-9H,5H2,1-4H3,(H,16,17)/b7-6+. The monoisotopic (exact) mass is 249 g/mol. The molecule has 1 aromatic rings. The second-order valence-corrected chi connectivity index (χ2v) is 4.80. The Morgan fingerprint density at radius 3 is 2.50 bits per heavy atom. The summed E-state index contributed by atoms with van der Waals surface area (Å²) in [5.74, 6) is -0.142. The fourth-order valence-electron chi connectivity index (χ4n) is 1.20. The van der Waals surface area contributed by atoms with Gasteiger partial charge in [0.05, 0.1) is 6.61 Å². The molecule has 0 spiro atoms. The van der Waals surface area contributed by atoms with Crippen LogP contribution in [0.2, 0.25) is 0 Å². The zero-order valence-electron chi connectivity index (χ0n) is 11.2. The summed E-state index contributed by atoms with van der Waals surface area (Å²) >= 11 is 0. The fraction of sp³-hybridized carbons (Fsp3) is 0.462.